The van der Waals surface area contributed by atoms with E-state index in [1.54, 1.807) is 30.5 Å². The Morgan fingerprint density at radius 2 is 1.97 bits per heavy atom. The first-order chi connectivity index (χ1) is 18.0. The normalized spacial score (nSPS) is 16.2. The molecule has 0 spiro atoms. The second-order valence-electron chi connectivity index (χ2n) is 8.35. The van der Waals surface area contributed by atoms with Gasteiger partial charge in [0, 0.05) is 37.0 Å². The summed E-state index contributed by atoms with van der Waals surface area (Å²) in [5, 5.41) is 5.74. The molecule has 192 valence electrons. The molecule has 2 amide bonds. The van der Waals surface area contributed by atoms with Crippen LogP contribution >= 0.6 is 0 Å². The molecule has 2 N–H and O–H groups in total. The summed E-state index contributed by atoms with van der Waals surface area (Å²) < 4.78 is 51.6. The van der Waals surface area contributed by atoms with E-state index in [1.807, 2.05) is 6.92 Å². The van der Waals surface area contributed by atoms with E-state index in [0.717, 1.165) is 11.6 Å². The lowest BCUT2D eigenvalue weighted by molar-refractivity contribution is 0.165. The van der Waals surface area contributed by atoms with Crippen molar-refractivity contribution in [1.29, 1.82) is 0 Å². The quantitative estimate of drug-likeness (QED) is 0.426. The predicted molar refractivity (Wildman–Crippen MR) is 134 cm³/mol. The molecule has 2 aromatic carbocycles. The number of fused-ring (bicyclic) bond motifs is 3. The number of urea groups is 1. The first-order valence-electron chi connectivity index (χ1n) is 11.9. The van der Waals surface area contributed by atoms with Gasteiger partial charge in [-0.25, -0.2) is 13.6 Å². The number of amides is 2. The van der Waals surface area contributed by atoms with Crippen molar-refractivity contribution >= 4 is 22.6 Å². The fraction of sp³-hybridized carbons (Fsp3) is 0.259. The van der Waals surface area contributed by atoms with Crippen LogP contribution in [0.1, 0.15) is 13.3 Å². The number of nitrogens with one attached hydrogen (secondary N) is 2. The van der Waals surface area contributed by atoms with Crippen molar-refractivity contribution in [3.63, 3.8) is 0 Å². The van der Waals surface area contributed by atoms with Crippen LogP contribution in [0.4, 0.5) is 19.3 Å². The van der Waals surface area contributed by atoms with Crippen molar-refractivity contribution in [2.24, 2.45) is 0 Å². The minimum absolute atomic E-state index is 0.0500. The number of aromatic nitrogens is 1. The average molecular weight is 510 g/mol. The Hall–Kier alpha value is -4.34. The Balaban J connectivity index is 1.33. The lowest BCUT2D eigenvalue weighted by Gasteiger charge is -2.23. The Morgan fingerprint density at radius 3 is 2.76 bits per heavy atom. The Morgan fingerprint density at radius 1 is 1.14 bits per heavy atom. The number of hydrogen-bond acceptors (Lipinski definition) is 6. The molecule has 0 saturated heterocycles. The first kappa shape index (κ1) is 24.4. The lowest BCUT2D eigenvalue weighted by Crippen LogP contribution is -2.31. The zero-order chi connectivity index (χ0) is 25.8. The molecular formula is C27H25F2N3O5. The minimum Gasteiger partial charge on any atom is -0.490 e. The van der Waals surface area contributed by atoms with Gasteiger partial charge in [-0.1, -0.05) is 18.2 Å². The minimum atomic E-state index is -1.06. The number of alkyl halides is 1. The molecule has 0 radical (unpaired) electrons. The van der Waals surface area contributed by atoms with Gasteiger partial charge < -0.3 is 29.6 Å². The monoisotopic (exact) mass is 509 g/mol. The topological polar surface area (TPSA) is 90.9 Å². The van der Waals surface area contributed by atoms with Gasteiger partial charge in [0.05, 0.1) is 17.5 Å². The van der Waals surface area contributed by atoms with E-state index in [4.69, 9.17) is 18.9 Å². The van der Waals surface area contributed by atoms with Crippen molar-refractivity contribution in [2.45, 2.75) is 19.5 Å². The van der Waals surface area contributed by atoms with E-state index in [2.05, 4.69) is 15.6 Å². The maximum atomic E-state index is 15.0. The van der Waals surface area contributed by atoms with E-state index in [9.17, 15) is 13.6 Å². The number of hydrogen-bond donors (Lipinski definition) is 2. The smallest absolute Gasteiger partial charge is 0.319 e. The van der Waals surface area contributed by atoms with Crippen molar-refractivity contribution in [3.05, 3.63) is 66.1 Å². The van der Waals surface area contributed by atoms with Gasteiger partial charge in [-0.15, -0.1) is 0 Å². The van der Waals surface area contributed by atoms with E-state index in [0.29, 0.717) is 53.7 Å². The van der Waals surface area contributed by atoms with Crippen molar-refractivity contribution in [3.8, 4) is 28.7 Å². The van der Waals surface area contributed by atoms with Crippen molar-refractivity contribution in [1.82, 2.24) is 10.3 Å². The summed E-state index contributed by atoms with van der Waals surface area (Å²) in [6.45, 7) is 3.21. The Kier molecular flexibility index (Phi) is 7.07. The van der Waals surface area contributed by atoms with Crippen LogP contribution in [0.3, 0.4) is 0 Å². The number of carbonyl (C=O) groups excluding carboxylic acids is 1. The number of ether oxygens (including phenoxy) is 4. The van der Waals surface area contributed by atoms with E-state index < -0.39 is 18.0 Å². The molecule has 8 nitrogen and oxygen atoms in total. The number of nitrogens with zero attached hydrogens (tertiary/aromatic N) is 1. The molecule has 1 unspecified atom stereocenters. The molecule has 0 fully saturated rings. The third-order valence-corrected chi connectivity index (χ3v) is 5.74. The molecule has 37 heavy (non-hydrogen) atoms. The Bertz CT molecular complexity index is 1390. The van der Waals surface area contributed by atoms with Gasteiger partial charge >= 0.3 is 6.03 Å². The van der Waals surface area contributed by atoms with Gasteiger partial charge in [-0.3, -0.25) is 4.98 Å². The highest BCUT2D eigenvalue weighted by Crippen LogP contribution is 2.48. The summed E-state index contributed by atoms with van der Waals surface area (Å²) >= 11 is 0. The fourth-order valence-electron chi connectivity index (χ4n) is 4.10. The Labute approximate surface area is 211 Å². The van der Waals surface area contributed by atoms with Gasteiger partial charge in [0.2, 0.25) is 5.75 Å². The highest BCUT2D eigenvalue weighted by molar-refractivity contribution is 5.95. The van der Waals surface area contributed by atoms with Crippen LogP contribution in [-0.4, -0.2) is 43.6 Å². The van der Waals surface area contributed by atoms with Crippen LogP contribution in [0.5, 0.6) is 28.7 Å². The fourth-order valence-corrected chi connectivity index (χ4v) is 4.10. The molecule has 5 rings (SSSR count). The number of anilines is 1. The van der Waals surface area contributed by atoms with Crippen LogP contribution in [0.25, 0.3) is 10.9 Å². The highest BCUT2D eigenvalue weighted by atomic mass is 19.1. The SMILES string of the molecule is CCOc1cc2nccc(Oc3ccc(NC(=O)NCC4=CC=CC(F)C4)cc3F)c2c2c1OCCO2. The van der Waals surface area contributed by atoms with Crippen LogP contribution in [0.15, 0.2) is 60.3 Å². The molecule has 2 aliphatic rings. The summed E-state index contributed by atoms with van der Waals surface area (Å²) in [6.07, 6.45) is 5.56. The van der Waals surface area contributed by atoms with Gasteiger partial charge in [0.1, 0.15) is 25.1 Å². The summed E-state index contributed by atoms with van der Waals surface area (Å²) in [5.74, 6) is 0.981. The molecular weight excluding hydrogens is 484 g/mol. The third-order valence-electron chi connectivity index (χ3n) is 5.74. The molecule has 10 heteroatoms. The molecule has 1 aliphatic heterocycles. The van der Waals surface area contributed by atoms with Gasteiger partial charge in [-0.2, -0.15) is 0 Å². The van der Waals surface area contributed by atoms with Gasteiger partial charge in [-0.05, 0) is 30.7 Å². The number of allylic oxidation sites excluding steroid dienone is 3. The third kappa shape index (κ3) is 5.42. The number of halogens is 2. The molecule has 3 aromatic rings. The second kappa shape index (κ2) is 10.7. The number of pyridine rings is 1. The zero-order valence-corrected chi connectivity index (χ0v) is 20.1. The second-order valence-corrected chi connectivity index (χ2v) is 8.35. The largest absolute Gasteiger partial charge is 0.490 e. The van der Waals surface area contributed by atoms with E-state index in [1.165, 1.54) is 18.2 Å². The lowest BCUT2D eigenvalue weighted by atomic mass is 10.0. The van der Waals surface area contributed by atoms with E-state index in [-0.39, 0.29) is 24.4 Å². The molecule has 2 heterocycles. The van der Waals surface area contributed by atoms with E-state index >= 15 is 0 Å². The molecule has 0 bridgehead atoms. The summed E-state index contributed by atoms with van der Waals surface area (Å²) in [7, 11) is 0. The predicted octanol–water partition coefficient (Wildman–Crippen LogP) is 5.68. The van der Waals surface area contributed by atoms with Crippen molar-refractivity contribution in [2.75, 3.05) is 31.7 Å². The van der Waals surface area contributed by atoms with Crippen LogP contribution < -0.4 is 29.6 Å². The number of carbonyl (C=O) groups is 1. The number of rotatable bonds is 7. The molecule has 1 atom stereocenters. The van der Waals surface area contributed by atoms with Gasteiger partial charge in [0.25, 0.3) is 0 Å². The maximum absolute atomic E-state index is 15.0. The highest BCUT2D eigenvalue weighted by Gasteiger charge is 2.25. The van der Waals surface area contributed by atoms with Crippen molar-refractivity contribution < 1.29 is 32.5 Å². The maximum Gasteiger partial charge on any atom is 0.319 e. The molecule has 1 aromatic heterocycles. The average Bonchev–Trinajstić information content (AvgIpc) is 2.89. The summed E-state index contributed by atoms with van der Waals surface area (Å²) in [6, 6.07) is 6.89. The van der Waals surface area contributed by atoms with Crippen LogP contribution in [0.2, 0.25) is 0 Å². The summed E-state index contributed by atoms with van der Waals surface area (Å²) in [5.41, 5.74) is 1.54. The molecule has 1 aliphatic carbocycles. The van der Waals surface area contributed by atoms with Crippen LogP contribution in [0, 0.1) is 5.82 Å². The molecule has 0 saturated carbocycles. The number of benzene rings is 2. The standard InChI is InChI=1S/C27H25F2N3O5/c1-2-34-23-14-20-24(26-25(23)35-10-11-36-26)22(8-9-30-20)37-21-7-6-18(13-19(21)29)32-27(33)31-15-16-4-3-5-17(28)12-16/h3-9,13-14,17H,2,10-12,15H2,1H3,(H2,31,32,33). The zero-order valence-electron chi connectivity index (χ0n) is 20.1. The first-order valence-corrected chi connectivity index (χ1v) is 11.9. The van der Waals surface area contributed by atoms with Crippen LogP contribution in [-0.2, 0) is 0 Å². The summed E-state index contributed by atoms with van der Waals surface area (Å²) in [4.78, 5) is 16.6. The van der Waals surface area contributed by atoms with Gasteiger partial charge in [0.15, 0.2) is 23.1 Å².